The molecule has 0 spiro atoms. The molecule has 1 unspecified atom stereocenters. The third-order valence-electron chi connectivity index (χ3n) is 11.1. The second kappa shape index (κ2) is 16.9. The maximum Gasteiger partial charge on any atom is 0.243 e. The average molecular weight is 802 g/mol. The van der Waals surface area contributed by atoms with Crippen LogP contribution in [0, 0.1) is 27.7 Å². The molecule has 0 radical (unpaired) electrons. The summed E-state index contributed by atoms with van der Waals surface area (Å²) < 4.78 is 45.7. The van der Waals surface area contributed by atoms with Gasteiger partial charge in [0.2, 0.25) is 15.9 Å². The number of carbonyl (C=O) groups is 1. The number of carbonyl (C=O) groups excluding carboxylic acids is 1. The third-order valence-corrected chi connectivity index (χ3v) is 13.1. The van der Waals surface area contributed by atoms with E-state index in [1.807, 2.05) is 134 Å². The molecule has 12 nitrogen and oxygen atoms in total. The van der Waals surface area contributed by atoms with Crippen molar-refractivity contribution in [3.63, 3.8) is 0 Å². The molecular weight excluding hydrogens is 751 g/mol. The van der Waals surface area contributed by atoms with Crippen molar-refractivity contribution in [2.45, 2.75) is 65.1 Å². The van der Waals surface area contributed by atoms with E-state index >= 15 is 4.79 Å². The van der Waals surface area contributed by atoms with E-state index < -0.39 is 16.1 Å². The number of hydrogen-bond donors (Lipinski definition) is 0. The number of sulfonamides is 1. The van der Waals surface area contributed by atoms with E-state index in [9.17, 15) is 8.42 Å². The highest BCUT2D eigenvalue weighted by atomic mass is 32.2. The van der Waals surface area contributed by atoms with E-state index in [1.54, 1.807) is 37.3 Å². The van der Waals surface area contributed by atoms with Crippen LogP contribution in [-0.4, -0.2) is 83.0 Å². The number of amides is 1. The third kappa shape index (κ3) is 7.96. The number of ether oxygens (including phenoxy) is 2. The van der Waals surface area contributed by atoms with E-state index in [-0.39, 0.29) is 37.0 Å². The van der Waals surface area contributed by atoms with Gasteiger partial charge in [-0.15, -0.1) is 0 Å². The van der Waals surface area contributed by atoms with Crippen LogP contribution >= 0.6 is 0 Å². The largest absolute Gasteiger partial charge is 0.497 e. The van der Waals surface area contributed by atoms with Gasteiger partial charge in [0.05, 0.1) is 41.9 Å². The fourth-order valence-electron chi connectivity index (χ4n) is 7.75. The number of rotatable bonds is 13. The SMILES string of the molecule is CCc1ccc(S(=O)(=O)N2CCN(c3cc(OC)cc(OC)c3)CC2C(=O)N(Cc2c(C)nn(-c3ccccc3)c2C)Cc2c(C)nn(-c3ccccc3)c2C)cc1. The van der Waals surface area contributed by atoms with E-state index in [0.717, 1.165) is 62.9 Å². The monoisotopic (exact) mass is 801 g/mol. The fourth-order valence-corrected chi connectivity index (χ4v) is 9.31. The predicted octanol–water partition coefficient (Wildman–Crippen LogP) is 6.98. The molecule has 0 aliphatic carbocycles. The molecular formula is C45H51N7O5S. The lowest BCUT2D eigenvalue weighted by atomic mass is 10.1. The number of anilines is 1. The number of nitrogens with zero attached hydrogens (tertiary/aromatic N) is 7. The van der Waals surface area contributed by atoms with Crippen LogP contribution in [0.5, 0.6) is 11.5 Å². The first kappa shape index (κ1) is 40.3. The number of methoxy groups -OCH3 is 2. The molecule has 7 rings (SSSR count). The summed E-state index contributed by atoms with van der Waals surface area (Å²) in [5.74, 6) is 0.853. The maximum atomic E-state index is 15.6. The van der Waals surface area contributed by atoms with Crippen LogP contribution in [0.25, 0.3) is 11.4 Å². The molecule has 1 fully saturated rings. The number of benzene rings is 4. The van der Waals surface area contributed by atoms with Crippen molar-refractivity contribution in [3.05, 3.63) is 143 Å². The first-order valence-corrected chi connectivity index (χ1v) is 21.0. The van der Waals surface area contributed by atoms with Crippen LogP contribution in [0.2, 0.25) is 0 Å². The van der Waals surface area contributed by atoms with Gasteiger partial charge in [-0.1, -0.05) is 55.5 Å². The minimum absolute atomic E-state index is 0.0790. The van der Waals surface area contributed by atoms with E-state index in [1.165, 1.54) is 4.31 Å². The van der Waals surface area contributed by atoms with Gasteiger partial charge in [0.25, 0.3) is 0 Å². The zero-order valence-corrected chi connectivity index (χ0v) is 35.0. The molecule has 58 heavy (non-hydrogen) atoms. The Morgan fingerprint density at radius 2 is 1.21 bits per heavy atom. The second-order valence-corrected chi connectivity index (χ2v) is 16.5. The number of aromatic nitrogens is 4. The Morgan fingerprint density at radius 1 is 0.707 bits per heavy atom. The van der Waals surface area contributed by atoms with Crippen LogP contribution in [-0.2, 0) is 34.3 Å². The number of hydrogen-bond acceptors (Lipinski definition) is 8. The minimum atomic E-state index is -4.11. The van der Waals surface area contributed by atoms with Crippen molar-refractivity contribution in [2.75, 3.05) is 38.8 Å². The van der Waals surface area contributed by atoms with Gasteiger partial charge in [-0.3, -0.25) is 4.79 Å². The minimum Gasteiger partial charge on any atom is -0.497 e. The summed E-state index contributed by atoms with van der Waals surface area (Å²) >= 11 is 0. The molecule has 1 atom stereocenters. The Balaban J connectivity index is 1.34. The Hall–Kier alpha value is -5.92. The molecule has 1 amide bonds. The molecule has 0 bridgehead atoms. The van der Waals surface area contributed by atoms with Gasteiger partial charge in [-0.25, -0.2) is 17.8 Å². The predicted molar refractivity (Wildman–Crippen MR) is 226 cm³/mol. The molecule has 1 saturated heterocycles. The lowest BCUT2D eigenvalue weighted by Gasteiger charge is -2.42. The van der Waals surface area contributed by atoms with Gasteiger partial charge in [0.15, 0.2) is 0 Å². The molecule has 1 aliphatic heterocycles. The Labute approximate surface area is 341 Å². The molecule has 4 aromatic carbocycles. The molecule has 3 heterocycles. The Bertz CT molecular complexity index is 2390. The smallest absolute Gasteiger partial charge is 0.243 e. The Kier molecular flexibility index (Phi) is 11.7. The zero-order chi connectivity index (χ0) is 41.1. The lowest BCUT2D eigenvalue weighted by molar-refractivity contribution is -0.136. The topological polar surface area (TPSA) is 115 Å². The maximum absolute atomic E-state index is 15.6. The van der Waals surface area contributed by atoms with Gasteiger partial charge < -0.3 is 19.3 Å². The summed E-state index contributed by atoms with van der Waals surface area (Å²) in [7, 11) is -0.935. The van der Waals surface area contributed by atoms with Gasteiger partial charge in [0.1, 0.15) is 17.5 Å². The first-order chi connectivity index (χ1) is 27.9. The molecule has 13 heteroatoms. The van der Waals surface area contributed by atoms with Crippen molar-refractivity contribution < 1.29 is 22.7 Å². The molecule has 302 valence electrons. The highest BCUT2D eigenvalue weighted by Crippen LogP contribution is 2.33. The first-order valence-electron chi connectivity index (χ1n) is 19.5. The molecule has 0 N–H and O–H groups in total. The second-order valence-electron chi connectivity index (χ2n) is 14.6. The summed E-state index contributed by atoms with van der Waals surface area (Å²) in [6.45, 7) is 10.8. The summed E-state index contributed by atoms with van der Waals surface area (Å²) in [5, 5.41) is 9.82. The quantitative estimate of drug-likeness (QED) is 0.123. The van der Waals surface area contributed by atoms with Gasteiger partial charge in [-0.05, 0) is 76.1 Å². The summed E-state index contributed by atoms with van der Waals surface area (Å²) in [6.07, 6.45) is 0.776. The van der Waals surface area contributed by atoms with E-state index in [0.29, 0.717) is 18.0 Å². The molecule has 1 aliphatic rings. The van der Waals surface area contributed by atoms with Crippen LogP contribution in [0.4, 0.5) is 5.69 Å². The van der Waals surface area contributed by atoms with Crippen molar-refractivity contribution in [2.24, 2.45) is 0 Å². The van der Waals surface area contributed by atoms with Gasteiger partial charge in [-0.2, -0.15) is 14.5 Å². The zero-order valence-electron chi connectivity index (χ0n) is 34.2. The lowest BCUT2D eigenvalue weighted by Crippen LogP contribution is -2.61. The van der Waals surface area contributed by atoms with Crippen molar-refractivity contribution in [3.8, 4) is 22.9 Å². The van der Waals surface area contributed by atoms with E-state index in [4.69, 9.17) is 19.7 Å². The van der Waals surface area contributed by atoms with Crippen molar-refractivity contribution in [1.82, 2.24) is 28.8 Å². The van der Waals surface area contributed by atoms with Crippen molar-refractivity contribution >= 4 is 21.6 Å². The van der Waals surface area contributed by atoms with Crippen LogP contribution in [0.15, 0.2) is 108 Å². The van der Waals surface area contributed by atoms with Crippen LogP contribution in [0.1, 0.15) is 46.4 Å². The molecule has 2 aromatic heterocycles. The average Bonchev–Trinajstić information content (AvgIpc) is 3.71. The van der Waals surface area contributed by atoms with Gasteiger partial charge in [0, 0.05) is 79.1 Å². The highest BCUT2D eigenvalue weighted by Gasteiger charge is 2.43. The summed E-state index contributed by atoms with van der Waals surface area (Å²) in [5.41, 5.74) is 8.72. The standard InChI is InChI=1S/C45H51N7O5S/c1-8-35-19-21-41(22-20-35)58(54,55)50-24-23-48(38-25-39(56-6)27-40(26-38)57-7)30-44(50)45(53)49(28-42-31(2)46-51(33(42)4)36-15-11-9-12-16-36)29-43-32(3)47-52(34(43)5)37-17-13-10-14-18-37/h9-22,25-27,44H,8,23-24,28-30H2,1-7H3. The fraction of sp³-hybridized carbons (Fsp3) is 0.311. The summed E-state index contributed by atoms with van der Waals surface area (Å²) in [6, 6.07) is 31.2. The number of piperazine rings is 1. The number of aryl methyl sites for hydroxylation is 3. The van der Waals surface area contributed by atoms with Crippen LogP contribution < -0.4 is 14.4 Å². The van der Waals surface area contributed by atoms with E-state index in [2.05, 4.69) is 0 Å². The van der Waals surface area contributed by atoms with Crippen molar-refractivity contribution in [1.29, 1.82) is 0 Å². The molecule has 6 aromatic rings. The van der Waals surface area contributed by atoms with Gasteiger partial charge >= 0.3 is 0 Å². The number of para-hydroxylation sites is 2. The normalized spacial score (nSPS) is 14.7. The molecule has 0 saturated carbocycles. The summed E-state index contributed by atoms with van der Waals surface area (Å²) in [4.78, 5) is 19.6. The highest BCUT2D eigenvalue weighted by molar-refractivity contribution is 7.89. The van der Waals surface area contributed by atoms with Crippen LogP contribution in [0.3, 0.4) is 0 Å². The Morgan fingerprint density at radius 3 is 1.67 bits per heavy atom.